The van der Waals surface area contributed by atoms with Crippen molar-refractivity contribution in [1.82, 2.24) is 4.90 Å². The van der Waals surface area contributed by atoms with Gasteiger partial charge in [0.15, 0.2) is 0 Å². The molecule has 22 heavy (non-hydrogen) atoms. The smallest absolute Gasteiger partial charge is 0.276 e. The van der Waals surface area contributed by atoms with E-state index in [1.165, 1.54) is 17.2 Å². The summed E-state index contributed by atoms with van der Waals surface area (Å²) in [5, 5.41) is 11.0. The van der Waals surface area contributed by atoms with Crippen LogP contribution in [0.2, 0.25) is 0 Å². The summed E-state index contributed by atoms with van der Waals surface area (Å²) in [6.45, 7) is 2.77. The highest BCUT2D eigenvalue weighted by Gasteiger charge is 2.14. The van der Waals surface area contributed by atoms with E-state index in [4.69, 9.17) is 0 Å². The summed E-state index contributed by atoms with van der Waals surface area (Å²) >= 11 is 0. The molecule has 1 aliphatic rings. The van der Waals surface area contributed by atoms with Gasteiger partial charge in [-0.3, -0.25) is 15.0 Å². The van der Waals surface area contributed by atoms with Crippen molar-refractivity contribution in [2.24, 2.45) is 0 Å². The fourth-order valence-corrected chi connectivity index (χ4v) is 2.83. The van der Waals surface area contributed by atoms with E-state index >= 15 is 0 Å². The maximum absolute atomic E-state index is 11.0. The zero-order chi connectivity index (χ0) is 15.4. The van der Waals surface area contributed by atoms with Crippen LogP contribution in [0, 0.1) is 10.1 Å². The average molecular weight is 294 g/mol. The molecule has 0 atom stereocenters. The van der Waals surface area contributed by atoms with Gasteiger partial charge in [-0.1, -0.05) is 48.6 Å². The van der Waals surface area contributed by atoms with E-state index < -0.39 is 0 Å². The molecule has 3 rings (SSSR count). The standard InChI is InChI=1S/C18H18N2O2/c21-20(22)18-10-4-3-7-16(18)9-5-12-19-13-11-15-6-1-2-8-17(15)14-19/h1-10H,11-14H2/b9-5+. The second-order valence-corrected chi connectivity index (χ2v) is 5.47. The van der Waals surface area contributed by atoms with Gasteiger partial charge in [0.05, 0.1) is 10.5 Å². The second-order valence-electron chi connectivity index (χ2n) is 5.47. The van der Waals surface area contributed by atoms with Crippen LogP contribution in [0.3, 0.4) is 0 Å². The summed E-state index contributed by atoms with van der Waals surface area (Å²) in [5.74, 6) is 0. The van der Waals surface area contributed by atoms with Gasteiger partial charge in [-0.25, -0.2) is 0 Å². The molecule has 0 amide bonds. The van der Waals surface area contributed by atoms with Crippen LogP contribution in [0.15, 0.2) is 54.6 Å². The van der Waals surface area contributed by atoms with Crippen LogP contribution in [0.1, 0.15) is 16.7 Å². The molecule has 0 saturated carbocycles. The highest BCUT2D eigenvalue weighted by molar-refractivity contribution is 5.60. The first-order valence-electron chi connectivity index (χ1n) is 7.43. The molecule has 1 aliphatic heterocycles. The highest BCUT2D eigenvalue weighted by Crippen LogP contribution is 2.20. The number of nitro benzene ring substituents is 1. The molecule has 4 heteroatoms. The number of hydrogen-bond donors (Lipinski definition) is 0. The van der Waals surface area contributed by atoms with E-state index in [1.807, 2.05) is 18.2 Å². The number of nitrogens with zero attached hydrogens (tertiary/aromatic N) is 2. The first kappa shape index (κ1) is 14.5. The highest BCUT2D eigenvalue weighted by atomic mass is 16.6. The maximum atomic E-state index is 11.0. The summed E-state index contributed by atoms with van der Waals surface area (Å²) in [6.07, 6.45) is 4.92. The van der Waals surface area contributed by atoms with Gasteiger partial charge >= 0.3 is 0 Å². The Morgan fingerprint density at radius 3 is 2.64 bits per heavy atom. The average Bonchev–Trinajstić information content (AvgIpc) is 2.55. The molecule has 2 aromatic carbocycles. The lowest BCUT2D eigenvalue weighted by molar-refractivity contribution is -0.385. The molecule has 0 aliphatic carbocycles. The molecule has 1 heterocycles. The van der Waals surface area contributed by atoms with Gasteiger partial charge < -0.3 is 0 Å². The van der Waals surface area contributed by atoms with E-state index in [9.17, 15) is 10.1 Å². The molecule has 4 nitrogen and oxygen atoms in total. The molecule has 2 aromatic rings. The van der Waals surface area contributed by atoms with Crippen LogP contribution < -0.4 is 0 Å². The van der Waals surface area contributed by atoms with Gasteiger partial charge in [0, 0.05) is 25.7 Å². The minimum absolute atomic E-state index is 0.155. The first-order chi connectivity index (χ1) is 10.7. The van der Waals surface area contributed by atoms with Crippen LogP contribution in [-0.4, -0.2) is 22.9 Å². The summed E-state index contributed by atoms with van der Waals surface area (Å²) < 4.78 is 0. The van der Waals surface area contributed by atoms with Crippen LogP contribution >= 0.6 is 0 Å². The van der Waals surface area contributed by atoms with Gasteiger partial charge in [0.25, 0.3) is 5.69 Å². The number of nitro groups is 1. The first-order valence-corrected chi connectivity index (χ1v) is 7.43. The van der Waals surface area contributed by atoms with Crippen molar-refractivity contribution < 1.29 is 4.92 Å². The predicted octanol–water partition coefficient (Wildman–Crippen LogP) is 3.67. The normalized spacial score (nSPS) is 14.9. The molecular weight excluding hydrogens is 276 g/mol. The van der Waals surface area contributed by atoms with Gasteiger partial charge in [-0.05, 0) is 23.6 Å². The summed E-state index contributed by atoms with van der Waals surface area (Å²) in [7, 11) is 0. The fraction of sp³-hybridized carbons (Fsp3) is 0.222. The summed E-state index contributed by atoms with van der Waals surface area (Å²) in [5.41, 5.74) is 3.63. The third kappa shape index (κ3) is 3.23. The van der Waals surface area contributed by atoms with Crippen LogP contribution in [0.5, 0.6) is 0 Å². The number of para-hydroxylation sites is 1. The van der Waals surface area contributed by atoms with Gasteiger partial charge in [-0.2, -0.15) is 0 Å². The summed E-state index contributed by atoms with van der Waals surface area (Å²) in [6, 6.07) is 15.4. The monoisotopic (exact) mass is 294 g/mol. The van der Waals surface area contributed by atoms with E-state index in [2.05, 4.69) is 29.2 Å². The Morgan fingerprint density at radius 1 is 1.09 bits per heavy atom. The molecule has 0 saturated heterocycles. The minimum atomic E-state index is -0.336. The van der Waals surface area contributed by atoms with Crippen LogP contribution in [0.4, 0.5) is 5.69 Å². The lowest BCUT2D eigenvalue weighted by atomic mass is 10.00. The van der Waals surface area contributed by atoms with E-state index in [0.717, 1.165) is 26.1 Å². The molecule has 0 aromatic heterocycles. The topological polar surface area (TPSA) is 46.4 Å². The van der Waals surface area contributed by atoms with Crippen molar-refractivity contribution in [1.29, 1.82) is 0 Å². The fourth-order valence-electron chi connectivity index (χ4n) is 2.83. The number of hydrogen-bond acceptors (Lipinski definition) is 3. The van der Waals surface area contributed by atoms with Crippen molar-refractivity contribution in [3.63, 3.8) is 0 Å². The third-order valence-corrected chi connectivity index (χ3v) is 4.00. The number of rotatable bonds is 4. The number of fused-ring (bicyclic) bond motifs is 1. The van der Waals surface area contributed by atoms with Crippen LogP contribution in [-0.2, 0) is 13.0 Å². The van der Waals surface area contributed by atoms with Gasteiger partial charge in [-0.15, -0.1) is 0 Å². The largest absolute Gasteiger partial charge is 0.295 e. The Morgan fingerprint density at radius 2 is 1.82 bits per heavy atom. The van der Waals surface area contributed by atoms with Gasteiger partial charge in [0.2, 0.25) is 0 Å². The van der Waals surface area contributed by atoms with Crippen molar-refractivity contribution in [2.75, 3.05) is 13.1 Å². The predicted molar refractivity (Wildman–Crippen MR) is 87.6 cm³/mol. The molecule has 0 spiro atoms. The molecule has 0 N–H and O–H groups in total. The quantitative estimate of drug-likeness (QED) is 0.638. The Labute approximate surface area is 129 Å². The minimum Gasteiger partial charge on any atom is -0.295 e. The van der Waals surface area contributed by atoms with Gasteiger partial charge in [0.1, 0.15) is 0 Å². The molecule has 0 unspecified atom stereocenters. The van der Waals surface area contributed by atoms with E-state index in [-0.39, 0.29) is 10.6 Å². The van der Waals surface area contributed by atoms with Crippen molar-refractivity contribution in [3.8, 4) is 0 Å². The zero-order valence-electron chi connectivity index (χ0n) is 12.3. The zero-order valence-corrected chi connectivity index (χ0v) is 12.3. The molecule has 112 valence electrons. The SMILES string of the molecule is O=[N+]([O-])c1ccccc1/C=C/CN1CCc2ccccc2C1. The third-order valence-electron chi connectivity index (χ3n) is 4.00. The summed E-state index contributed by atoms with van der Waals surface area (Å²) in [4.78, 5) is 13.0. The Kier molecular flexibility index (Phi) is 4.30. The lowest BCUT2D eigenvalue weighted by Crippen LogP contribution is -2.30. The molecule has 0 fully saturated rings. The lowest BCUT2D eigenvalue weighted by Gasteiger charge is -2.27. The van der Waals surface area contributed by atoms with E-state index in [0.29, 0.717) is 5.56 Å². The van der Waals surface area contributed by atoms with E-state index in [1.54, 1.807) is 12.1 Å². The Balaban J connectivity index is 1.65. The number of benzene rings is 2. The van der Waals surface area contributed by atoms with Crippen molar-refractivity contribution in [2.45, 2.75) is 13.0 Å². The van der Waals surface area contributed by atoms with Crippen molar-refractivity contribution in [3.05, 3.63) is 81.4 Å². The molecule has 0 radical (unpaired) electrons. The Hall–Kier alpha value is -2.46. The molecular formula is C18H18N2O2. The second kappa shape index (κ2) is 6.54. The van der Waals surface area contributed by atoms with Crippen LogP contribution in [0.25, 0.3) is 6.08 Å². The van der Waals surface area contributed by atoms with Crippen molar-refractivity contribution >= 4 is 11.8 Å². The Bertz CT molecular complexity index is 710. The molecule has 0 bridgehead atoms. The maximum Gasteiger partial charge on any atom is 0.276 e.